The monoisotopic (exact) mass is 462 g/mol. The molecule has 2 aromatic heterocycles. The first kappa shape index (κ1) is 21.7. The third-order valence-electron chi connectivity index (χ3n) is 5.75. The molecular formula is C24H23FN6O3. The molecule has 1 fully saturated rings. The number of amides is 1. The van der Waals surface area contributed by atoms with Crippen molar-refractivity contribution in [3.8, 4) is 22.8 Å². The molecule has 1 aliphatic heterocycles. The molecule has 4 aromatic rings. The molecule has 0 unspecified atom stereocenters. The number of nitrogens with zero attached hydrogens (tertiary/aromatic N) is 6. The van der Waals surface area contributed by atoms with Gasteiger partial charge in [-0.25, -0.2) is 4.39 Å². The van der Waals surface area contributed by atoms with E-state index in [2.05, 4.69) is 20.3 Å². The van der Waals surface area contributed by atoms with Crippen LogP contribution in [0, 0.1) is 12.7 Å². The summed E-state index contributed by atoms with van der Waals surface area (Å²) < 4.78 is 25.3. The van der Waals surface area contributed by atoms with E-state index in [1.165, 1.54) is 10.9 Å². The summed E-state index contributed by atoms with van der Waals surface area (Å²) >= 11 is 0. The lowest BCUT2D eigenvalue weighted by Gasteiger charge is -2.23. The number of aromatic nitrogens is 5. The highest BCUT2D eigenvalue weighted by Crippen LogP contribution is 2.36. The summed E-state index contributed by atoms with van der Waals surface area (Å²) in [5, 5.41) is 12.4. The molecule has 1 saturated heterocycles. The summed E-state index contributed by atoms with van der Waals surface area (Å²) in [5.41, 5.74) is 2.48. The van der Waals surface area contributed by atoms with Crippen molar-refractivity contribution in [2.24, 2.45) is 0 Å². The molecule has 10 heteroatoms. The normalized spacial score (nSPS) is 15.6. The summed E-state index contributed by atoms with van der Waals surface area (Å²) in [6.45, 7) is 4.57. The lowest BCUT2D eigenvalue weighted by molar-refractivity contribution is 0.0709. The number of carbonyl (C=O) groups is 1. The van der Waals surface area contributed by atoms with Gasteiger partial charge >= 0.3 is 0 Å². The lowest BCUT2D eigenvalue weighted by atomic mass is 10.1. The van der Waals surface area contributed by atoms with E-state index in [4.69, 9.17) is 9.26 Å². The summed E-state index contributed by atoms with van der Waals surface area (Å²) in [4.78, 5) is 21.3. The second kappa shape index (κ2) is 9.05. The predicted octanol–water partition coefficient (Wildman–Crippen LogP) is 4.14. The SMILES string of the molecule is CCOc1c(F)cccc1-c1noc([C@@H]2CCCN2C(=O)c2ccc(C)cc2-n2nccn2)n1. The predicted molar refractivity (Wildman–Crippen MR) is 120 cm³/mol. The molecule has 0 bridgehead atoms. The highest BCUT2D eigenvalue weighted by molar-refractivity contribution is 5.98. The van der Waals surface area contributed by atoms with Crippen molar-refractivity contribution in [2.75, 3.05) is 13.2 Å². The molecule has 3 heterocycles. The third kappa shape index (κ3) is 3.91. The second-order valence-corrected chi connectivity index (χ2v) is 8.00. The Morgan fingerprint density at radius 3 is 2.85 bits per heavy atom. The van der Waals surface area contributed by atoms with Crippen molar-refractivity contribution in [3.63, 3.8) is 0 Å². The molecule has 174 valence electrons. The van der Waals surface area contributed by atoms with Crippen LogP contribution < -0.4 is 4.74 Å². The van der Waals surface area contributed by atoms with Crippen LogP contribution in [0.5, 0.6) is 5.75 Å². The molecule has 1 amide bonds. The molecule has 9 nitrogen and oxygen atoms in total. The Bertz CT molecular complexity index is 1320. The first-order chi connectivity index (χ1) is 16.6. The summed E-state index contributed by atoms with van der Waals surface area (Å²) in [6.07, 6.45) is 4.60. The van der Waals surface area contributed by atoms with E-state index in [0.717, 1.165) is 12.0 Å². The molecule has 0 N–H and O–H groups in total. The van der Waals surface area contributed by atoms with Crippen molar-refractivity contribution in [1.29, 1.82) is 0 Å². The maximum Gasteiger partial charge on any atom is 0.256 e. The molecule has 5 rings (SSSR count). The molecule has 0 radical (unpaired) electrons. The van der Waals surface area contributed by atoms with Crippen LogP contribution in [-0.4, -0.2) is 49.1 Å². The lowest BCUT2D eigenvalue weighted by Crippen LogP contribution is -2.31. The summed E-state index contributed by atoms with van der Waals surface area (Å²) in [5.74, 6) is -0.0713. The van der Waals surface area contributed by atoms with E-state index < -0.39 is 11.9 Å². The fourth-order valence-corrected chi connectivity index (χ4v) is 4.21. The molecular weight excluding hydrogens is 439 g/mol. The maximum absolute atomic E-state index is 14.3. The first-order valence-corrected chi connectivity index (χ1v) is 11.1. The number of likely N-dealkylation sites (tertiary alicyclic amines) is 1. The summed E-state index contributed by atoms with van der Waals surface area (Å²) in [6, 6.07) is 9.72. The van der Waals surface area contributed by atoms with Crippen LogP contribution in [0.4, 0.5) is 4.39 Å². The fourth-order valence-electron chi connectivity index (χ4n) is 4.21. The number of halogens is 1. The quantitative estimate of drug-likeness (QED) is 0.425. The molecule has 0 saturated carbocycles. The Hall–Kier alpha value is -4.08. The fraction of sp³-hybridized carbons (Fsp3) is 0.292. The molecule has 34 heavy (non-hydrogen) atoms. The van der Waals surface area contributed by atoms with E-state index in [1.807, 2.05) is 19.1 Å². The van der Waals surface area contributed by atoms with Gasteiger partial charge in [-0.3, -0.25) is 4.79 Å². The number of para-hydroxylation sites is 1. The van der Waals surface area contributed by atoms with Gasteiger partial charge in [0, 0.05) is 6.54 Å². The highest BCUT2D eigenvalue weighted by atomic mass is 19.1. The zero-order valence-corrected chi connectivity index (χ0v) is 18.8. The van der Waals surface area contributed by atoms with Crippen molar-refractivity contribution in [1.82, 2.24) is 30.0 Å². The number of benzene rings is 2. The minimum absolute atomic E-state index is 0.0766. The van der Waals surface area contributed by atoms with Gasteiger partial charge in [0.25, 0.3) is 5.91 Å². The Morgan fingerprint density at radius 2 is 2.06 bits per heavy atom. The van der Waals surface area contributed by atoms with Crippen molar-refractivity contribution >= 4 is 5.91 Å². The largest absolute Gasteiger partial charge is 0.490 e. The zero-order chi connectivity index (χ0) is 23.7. The Balaban J connectivity index is 1.46. The van der Waals surface area contributed by atoms with Gasteiger partial charge in [-0.2, -0.15) is 20.0 Å². The van der Waals surface area contributed by atoms with E-state index >= 15 is 0 Å². The van der Waals surface area contributed by atoms with Gasteiger partial charge in [0.1, 0.15) is 6.04 Å². The first-order valence-electron chi connectivity index (χ1n) is 11.1. The summed E-state index contributed by atoms with van der Waals surface area (Å²) in [7, 11) is 0. The Morgan fingerprint density at radius 1 is 1.24 bits per heavy atom. The maximum atomic E-state index is 14.3. The van der Waals surface area contributed by atoms with E-state index in [9.17, 15) is 9.18 Å². The number of ether oxygens (including phenoxy) is 1. The number of rotatable bonds is 6. The van der Waals surface area contributed by atoms with Gasteiger partial charge in [-0.05, 0) is 56.5 Å². The molecule has 1 aliphatic rings. The number of carbonyl (C=O) groups excluding carboxylic acids is 1. The highest BCUT2D eigenvalue weighted by Gasteiger charge is 2.36. The average molecular weight is 462 g/mol. The number of hydrogen-bond donors (Lipinski definition) is 0. The van der Waals surface area contributed by atoms with Crippen LogP contribution >= 0.6 is 0 Å². The molecule has 0 spiro atoms. The smallest absolute Gasteiger partial charge is 0.256 e. The zero-order valence-electron chi connectivity index (χ0n) is 18.8. The average Bonchev–Trinajstić information content (AvgIpc) is 3.61. The van der Waals surface area contributed by atoms with E-state index in [0.29, 0.717) is 42.3 Å². The topological polar surface area (TPSA) is 99.2 Å². The number of aryl methyl sites for hydroxylation is 1. The third-order valence-corrected chi connectivity index (χ3v) is 5.75. The van der Waals surface area contributed by atoms with Crippen LogP contribution in [0.15, 0.2) is 53.3 Å². The van der Waals surface area contributed by atoms with E-state index in [1.54, 1.807) is 42.4 Å². The van der Waals surface area contributed by atoms with Crippen molar-refractivity contribution in [2.45, 2.75) is 32.7 Å². The number of hydrogen-bond acceptors (Lipinski definition) is 7. The molecule has 2 aromatic carbocycles. The van der Waals surface area contributed by atoms with Gasteiger partial charge in [-0.1, -0.05) is 17.3 Å². The Labute approximate surface area is 195 Å². The van der Waals surface area contributed by atoms with Gasteiger partial charge in [0.15, 0.2) is 11.6 Å². The van der Waals surface area contributed by atoms with Gasteiger partial charge in [0.05, 0.1) is 35.8 Å². The van der Waals surface area contributed by atoms with Crippen LogP contribution in [-0.2, 0) is 0 Å². The van der Waals surface area contributed by atoms with Crippen molar-refractivity contribution in [3.05, 3.63) is 71.6 Å². The molecule has 0 aliphatic carbocycles. The second-order valence-electron chi connectivity index (χ2n) is 8.00. The van der Waals surface area contributed by atoms with Gasteiger partial charge in [0.2, 0.25) is 11.7 Å². The van der Waals surface area contributed by atoms with Crippen molar-refractivity contribution < 1.29 is 18.4 Å². The minimum atomic E-state index is -0.498. The van der Waals surface area contributed by atoms with Crippen LogP contribution in [0.3, 0.4) is 0 Å². The van der Waals surface area contributed by atoms with Gasteiger partial charge in [-0.15, -0.1) is 0 Å². The van der Waals surface area contributed by atoms with E-state index in [-0.39, 0.29) is 17.5 Å². The standard InChI is InChI=1S/C24H23FN6O3/c1-3-33-21-17(6-4-7-18(21)25)22-28-23(34-29-22)19-8-5-13-30(19)24(32)16-10-9-15(2)14-20(16)31-26-11-12-27-31/h4,6-7,9-12,14,19H,3,5,8,13H2,1-2H3/t19-/m0/s1. The molecule has 1 atom stereocenters. The minimum Gasteiger partial charge on any atom is -0.490 e. The van der Waals surface area contributed by atoms with Crippen LogP contribution in [0.25, 0.3) is 17.1 Å². The van der Waals surface area contributed by atoms with Crippen LogP contribution in [0.2, 0.25) is 0 Å². The van der Waals surface area contributed by atoms with Gasteiger partial charge < -0.3 is 14.2 Å². The Kier molecular flexibility index (Phi) is 5.79. The van der Waals surface area contributed by atoms with Crippen LogP contribution in [0.1, 0.15) is 47.6 Å².